The van der Waals surface area contributed by atoms with Gasteiger partial charge in [0.2, 0.25) is 0 Å². The normalized spacial score (nSPS) is 20.2. The predicted octanol–water partition coefficient (Wildman–Crippen LogP) is -0.104. The van der Waals surface area contributed by atoms with Gasteiger partial charge in [-0.05, 0) is 6.92 Å². The van der Waals surface area contributed by atoms with Crippen LogP contribution in [0.15, 0.2) is 12.4 Å². The lowest BCUT2D eigenvalue weighted by Crippen LogP contribution is -2.36. The molecule has 0 aromatic heterocycles. The maximum Gasteiger partial charge on any atom is 0.286 e. The van der Waals surface area contributed by atoms with E-state index in [1.54, 1.807) is 12.4 Å². The highest BCUT2D eigenvalue weighted by Gasteiger charge is 2.25. The summed E-state index contributed by atoms with van der Waals surface area (Å²) in [5.74, 6) is 0. The van der Waals surface area contributed by atoms with E-state index in [0.717, 1.165) is 0 Å². The van der Waals surface area contributed by atoms with Gasteiger partial charge >= 0.3 is 0 Å². The number of nitrogens with zero attached hydrogens (tertiary/aromatic N) is 2. The van der Waals surface area contributed by atoms with E-state index in [1.165, 1.54) is 11.8 Å². The predicted molar refractivity (Wildman–Crippen MR) is 44.6 cm³/mol. The van der Waals surface area contributed by atoms with Crippen LogP contribution in [0.1, 0.15) is 6.92 Å². The van der Waals surface area contributed by atoms with E-state index in [0.29, 0.717) is 6.67 Å². The Kier molecular flexibility index (Phi) is 2.29. The highest BCUT2D eigenvalue weighted by Crippen LogP contribution is 2.11. The molecule has 0 spiro atoms. The van der Waals surface area contributed by atoms with Crippen LogP contribution in [0.25, 0.3) is 0 Å². The Hall–Kier alpha value is -0.750. The zero-order valence-corrected chi connectivity index (χ0v) is 7.82. The maximum absolute atomic E-state index is 10.7. The van der Waals surface area contributed by atoms with Gasteiger partial charge in [0, 0.05) is 19.4 Å². The van der Waals surface area contributed by atoms with E-state index >= 15 is 0 Å². The average Bonchev–Trinajstić information content (AvgIpc) is 2.32. The SMILES string of the molecule is CC(N1C=CN(C)C1)S(=O)(=O)O. The van der Waals surface area contributed by atoms with E-state index in [4.69, 9.17) is 4.55 Å². The third kappa shape index (κ3) is 1.89. The molecule has 70 valence electrons. The third-order valence-corrected chi connectivity index (χ3v) is 2.93. The molecule has 0 saturated carbocycles. The van der Waals surface area contributed by atoms with Crippen LogP contribution >= 0.6 is 0 Å². The summed E-state index contributed by atoms with van der Waals surface area (Å²) >= 11 is 0. The van der Waals surface area contributed by atoms with Crippen molar-refractivity contribution in [3.63, 3.8) is 0 Å². The van der Waals surface area contributed by atoms with Crippen molar-refractivity contribution >= 4 is 10.1 Å². The molecule has 1 rings (SSSR count). The molecule has 5 nitrogen and oxygen atoms in total. The van der Waals surface area contributed by atoms with E-state index < -0.39 is 15.5 Å². The Balaban J connectivity index is 2.68. The molecule has 1 atom stereocenters. The fraction of sp³-hybridized carbons (Fsp3) is 0.667. The topological polar surface area (TPSA) is 60.9 Å². The Morgan fingerprint density at radius 3 is 2.42 bits per heavy atom. The van der Waals surface area contributed by atoms with Crippen molar-refractivity contribution in [3.05, 3.63) is 12.4 Å². The molecule has 1 heterocycles. The highest BCUT2D eigenvalue weighted by atomic mass is 32.2. The molecule has 0 aromatic carbocycles. The molecule has 0 saturated heterocycles. The van der Waals surface area contributed by atoms with Crippen LogP contribution in [0.4, 0.5) is 0 Å². The summed E-state index contributed by atoms with van der Waals surface area (Å²) < 4.78 is 30.1. The van der Waals surface area contributed by atoms with Gasteiger partial charge in [-0.3, -0.25) is 4.55 Å². The first-order chi connectivity index (χ1) is 5.41. The molecule has 1 N–H and O–H groups in total. The van der Waals surface area contributed by atoms with Crippen molar-refractivity contribution < 1.29 is 13.0 Å². The molecule has 0 amide bonds. The van der Waals surface area contributed by atoms with Crippen molar-refractivity contribution in [1.29, 1.82) is 0 Å². The Labute approximate surface area is 72.0 Å². The Bertz CT molecular complexity index is 285. The van der Waals surface area contributed by atoms with Crippen LogP contribution in [0, 0.1) is 0 Å². The lowest BCUT2D eigenvalue weighted by atomic mass is 10.6. The van der Waals surface area contributed by atoms with Gasteiger partial charge in [0.1, 0.15) is 0 Å². The van der Waals surface area contributed by atoms with Crippen molar-refractivity contribution in [2.45, 2.75) is 12.3 Å². The van der Waals surface area contributed by atoms with E-state index in [1.807, 2.05) is 11.9 Å². The van der Waals surface area contributed by atoms with Crippen molar-refractivity contribution in [1.82, 2.24) is 9.80 Å². The summed E-state index contributed by atoms with van der Waals surface area (Å²) in [5, 5.41) is -0.876. The van der Waals surface area contributed by atoms with Gasteiger partial charge in [0.15, 0.2) is 5.37 Å². The molecule has 0 fully saturated rings. The summed E-state index contributed by atoms with van der Waals surface area (Å²) in [4.78, 5) is 3.36. The largest absolute Gasteiger partial charge is 0.362 e. The minimum absolute atomic E-state index is 0.487. The monoisotopic (exact) mass is 192 g/mol. The van der Waals surface area contributed by atoms with Gasteiger partial charge in [0.25, 0.3) is 10.1 Å². The van der Waals surface area contributed by atoms with Crippen molar-refractivity contribution in [2.24, 2.45) is 0 Å². The number of hydrogen-bond donors (Lipinski definition) is 1. The second-order valence-electron chi connectivity index (χ2n) is 2.83. The van der Waals surface area contributed by atoms with Gasteiger partial charge in [0.05, 0.1) is 6.67 Å². The van der Waals surface area contributed by atoms with Gasteiger partial charge in [-0.15, -0.1) is 0 Å². The molecule has 12 heavy (non-hydrogen) atoms. The lowest BCUT2D eigenvalue weighted by molar-refractivity contribution is 0.274. The first-order valence-corrected chi connectivity index (χ1v) is 5.02. The number of hydrogen-bond acceptors (Lipinski definition) is 4. The van der Waals surface area contributed by atoms with Gasteiger partial charge in [-0.2, -0.15) is 8.42 Å². The van der Waals surface area contributed by atoms with E-state index in [2.05, 4.69) is 0 Å². The molecular weight excluding hydrogens is 180 g/mol. The fourth-order valence-corrected chi connectivity index (χ4v) is 1.44. The first-order valence-electron chi connectivity index (χ1n) is 3.52. The molecular formula is C6H12N2O3S. The third-order valence-electron chi connectivity index (χ3n) is 1.80. The maximum atomic E-state index is 10.7. The molecule has 1 aliphatic rings. The zero-order valence-electron chi connectivity index (χ0n) is 7.01. The standard InChI is InChI=1S/C6H12N2O3S/c1-6(12(9,10)11)8-4-3-7(2)5-8/h3-4,6H,5H2,1-2H3,(H,9,10,11). The Morgan fingerprint density at radius 1 is 1.50 bits per heavy atom. The molecule has 0 bridgehead atoms. The summed E-state index contributed by atoms with van der Waals surface area (Å²) in [6.07, 6.45) is 3.39. The molecule has 6 heteroatoms. The molecule has 0 aromatic rings. The summed E-state index contributed by atoms with van der Waals surface area (Å²) in [6.45, 7) is 1.93. The second kappa shape index (κ2) is 2.95. The fourth-order valence-electron chi connectivity index (χ4n) is 0.959. The average molecular weight is 192 g/mol. The van der Waals surface area contributed by atoms with E-state index in [9.17, 15) is 8.42 Å². The minimum atomic E-state index is -3.96. The van der Waals surface area contributed by atoms with Gasteiger partial charge < -0.3 is 9.80 Å². The molecule has 1 unspecified atom stereocenters. The van der Waals surface area contributed by atoms with Crippen LogP contribution < -0.4 is 0 Å². The van der Waals surface area contributed by atoms with Crippen LogP contribution in [-0.2, 0) is 10.1 Å². The van der Waals surface area contributed by atoms with Crippen molar-refractivity contribution in [2.75, 3.05) is 13.7 Å². The summed E-state index contributed by atoms with van der Waals surface area (Å²) in [5.41, 5.74) is 0. The summed E-state index contributed by atoms with van der Waals surface area (Å²) in [7, 11) is -2.14. The van der Waals surface area contributed by atoms with Crippen LogP contribution in [0.2, 0.25) is 0 Å². The van der Waals surface area contributed by atoms with Crippen molar-refractivity contribution in [3.8, 4) is 0 Å². The van der Waals surface area contributed by atoms with Gasteiger partial charge in [-0.25, -0.2) is 0 Å². The minimum Gasteiger partial charge on any atom is -0.362 e. The lowest BCUT2D eigenvalue weighted by Gasteiger charge is -2.22. The highest BCUT2D eigenvalue weighted by molar-refractivity contribution is 7.86. The second-order valence-corrected chi connectivity index (χ2v) is 4.54. The first kappa shape index (κ1) is 9.34. The smallest absolute Gasteiger partial charge is 0.286 e. The quantitative estimate of drug-likeness (QED) is 0.619. The summed E-state index contributed by atoms with van der Waals surface area (Å²) in [6, 6.07) is 0. The van der Waals surface area contributed by atoms with Crippen LogP contribution in [0.5, 0.6) is 0 Å². The van der Waals surface area contributed by atoms with E-state index in [-0.39, 0.29) is 0 Å². The van der Waals surface area contributed by atoms with Crippen LogP contribution in [0.3, 0.4) is 0 Å². The molecule has 0 aliphatic carbocycles. The zero-order chi connectivity index (χ0) is 9.35. The number of rotatable bonds is 2. The van der Waals surface area contributed by atoms with Gasteiger partial charge in [-0.1, -0.05) is 0 Å². The van der Waals surface area contributed by atoms with Crippen LogP contribution in [-0.4, -0.2) is 41.9 Å². The molecule has 1 aliphatic heterocycles. The Morgan fingerprint density at radius 2 is 2.08 bits per heavy atom. The molecule has 0 radical (unpaired) electrons.